The predicted octanol–water partition coefficient (Wildman–Crippen LogP) is 2.06. The number of nitrogens with zero attached hydrogens (tertiary/aromatic N) is 1. The number of carbonyl (C=O) groups is 2. The number of nitrogens with one attached hydrogen (secondary N) is 1. The summed E-state index contributed by atoms with van der Waals surface area (Å²) in [4.78, 5) is 33.9. The fourth-order valence-corrected chi connectivity index (χ4v) is 2.69. The number of Topliss-reactive ketones (excluding diaryl/α,β-unsaturated/α-hetero) is 1. The summed E-state index contributed by atoms with van der Waals surface area (Å²) in [7, 11) is -3.22. The number of hydrogen-bond donors (Lipinski definition) is 2. The fourth-order valence-electron chi connectivity index (χ4n) is 2.18. The summed E-state index contributed by atoms with van der Waals surface area (Å²) >= 11 is 0. The molecule has 0 atom stereocenters. The molecule has 2 aromatic carbocycles. The second-order valence-electron chi connectivity index (χ2n) is 5.29. The van der Waals surface area contributed by atoms with Gasteiger partial charge in [-0.05, 0) is 18.2 Å². The first-order chi connectivity index (χ1) is 12.6. The molecule has 11 heteroatoms. The summed E-state index contributed by atoms with van der Waals surface area (Å²) in [5.74, 6) is -1.35. The summed E-state index contributed by atoms with van der Waals surface area (Å²) in [6.07, 6.45) is -0.638. The number of carbonyl (C=O) groups excluding carboxylic acids is 2. The van der Waals surface area contributed by atoms with Crippen molar-refractivity contribution < 1.29 is 32.2 Å². The van der Waals surface area contributed by atoms with Gasteiger partial charge in [-0.2, -0.15) is 8.42 Å². The van der Waals surface area contributed by atoms with Gasteiger partial charge in [0, 0.05) is 17.7 Å². The van der Waals surface area contributed by atoms with E-state index in [0.717, 1.165) is 18.2 Å². The van der Waals surface area contributed by atoms with Gasteiger partial charge in [-0.15, -0.1) is 0 Å². The number of ketones is 1. The normalized spacial score (nSPS) is 10.9. The minimum Gasteiger partial charge on any atom is -0.495 e. The van der Waals surface area contributed by atoms with Gasteiger partial charge < -0.3 is 10.1 Å². The van der Waals surface area contributed by atoms with E-state index in [1.165, 1.54) is 31.4 Å². The first kappa shape index (κ1) is 20.0. The average molecular weight is 394 g/mol. The Balaban J connectivity index is 2.19. The molecule has 0 aliphatic carbocycles. The lowest BCUT2D eigenvalue weighted by atomic mass is 10.1. The summed E-state index contributed by atoms with van der Waals surface area (Å²) < 4.78 is 36.5. The van der Waals surface area contributed by atoms with Gasteiger partial charge in [0.25, 0.3) is 15.8 Å². The molecule has 1 amide bonds. The molecule has 0 aromatic heterocycles. The lowest BCUT2D eigenvalue weighted by molar-refractivity contribution is -0.384. The van der Waals surface area contributed by atoms with Crippen LogP contribution >= 0.6 is 0 Å². The standard InChI is InChI=1S/C16H14N2O8S/c1-26-15-6-5-12(27(23,24)25)8-13(15)17-16(20)9-14(19)10-3-2-4-11(7-10)18(21)22/h2-8H,9H2,1H3,(H,17,20)(H,23,24,25). The fraction of sp³-hybridized carbons (Fsp3) is 0.125. The molecule has 10 nitrogen and oxygen atoms in total. The number of anilines is 1. The minimum absolute atomic E-state index is 0.0157. The minimum atomic E-state index is -4.50. The van der Waals surface area contributed by atoms with E-state index in [1.807, 2.05) is 0 Å². The van der Waals surface area contributed by atoms with Crippen LogP contribution in [0.2, 0.25) is 0 Å². The van der Waals surface area contributed by atoms with Crippen LogP contribution in [0.5, 0.6) is 5.75 Å². The van der Waals surface area contributed by atoms with Crippen LogP contribution in [-0.2, 0) is 14.9 Å². The molecule has 0 fully saturated rings. The van der Waals surface area contributed by atoms with E-state index in [4.69, 9.17) is 9.29 Å². The Kier molecular flexibility index (Phi) is 5.88. The van der Waals surface area contributed by atoms with Gasteiger partial charge in [0.1, 0.15) is 5.75 Å². The molecule has 0 aliphatic heterocycles. The maximum atomic E-state index is 12.2. The Labute approximate surface area is 153 Å². The number of ether oxygens (including phenoxy) is 1. The van der Waals surface area contributed by atoms with Gasteiger partial charge in [0.05, 0.1) is 29.0 Å². The van der Waals surface area contributed by atoms with Gasteiger partial charge in [-0.1, -0.05) is 12.1 Å². The quantitative estimate of drug-likeness (QED) is 0.238. The SMILES string of the molecule is COc1ccc(S(=O)(=O)O)cc1NC(=O)CC(=O)c1cccc([N+](=O)[O-])c1. The lowest BCUT2D eigenvalue weighted by Crippen LogP contribution is -2.17. The van der Waals surface area contributed by atoms with Crippen molar-refractivity contribution in [3.63, 3.8) is 0 Å². The number of nitro benzene ring substituents is 1. The van der Waals surface area contributed by atoms with Crippen LogP contribution < -0.4 is 10.1 Å². The Morgan fingerprint density at radius 2 is 1.93 bits per heavy atom. The van der Waals surface area contributed by atoms with E-state index >= 15 is 0 Å². The molecule has 0 radical (unpaired) electrons. The highest BCUT2D eigenvalue weighted by Gasteiger charge is 2.18. The first-order valence-corrected chi connectivity index (χ1v) is 8.79. The highest BCUT2D eigenvalue weighted by Crippen LogP contribution is 2.27. The molecular weight excluding hydrogens is 380 g/mol. The second kappa shape index (κ2) is 7.93. The zero-order chi connectivity index (χ0) is 20.2. The molecule has 142 valence electrons. The summed E-state index contributed by atoms with van der Waals surface area (Å²) in [5.41, 5.74) is -0.369. The number of methoxy groups -OCH3 is 1. The van der Waals surface area contributed by atoms with Crippen molar-refractivity contribution in [1.82, 2.24) is 0 Å². The topological polar surface area (TPSA) is 153 Å². The van der Waals surface area contributed by atoms with Crippen LogP contribution in [-0.4, -0.2) is 36.7 Å². The van der Waals surface area contributed by atoms with Gasteiger partial charge in [0.2, 0.25) is 5.91 Å². The molecule has 0 saturated carbocycles. The van der Waals surface area contributed by atoms with Gasteiger partial charge in [0.15, 0.2) is 5.78 Å². The molecule has 0 bridgehead atoms. The highest BCUT2D eigenvalue weighted by atomic mass is 32.2. The number of rotatable bonds is 7. The van der Waals surface area contributed by atoms with E-state index in [1.54, 1.807) is 0 Å². The van der Waals surface area contributed by atoms with Crippen LogP contribution in [0.25, 0.3) is 0 Å². The average Bonchev–Trinajstić information content (AvgIpc) is 2.60. The monoisotopic (exact) mass is 394 g/mol. The second-order valence-corrected chi connectivity index (χ2v) is 6.71. The van der Waals surface area contributed by atoms with Crippen LogP contribution in [0.1, 0.15) is 16.8 Å². The molecule has 0 unspecified atom stereocenters. The molecule has 0 saturated heterocycles. The highest BCUT2D eigenvalue weighted by molar-refractivity contribution is 7.85. The van der Waals surface area contributed by atoms with Gasteiger partial charge in [-0.25, -0.2) is 0 Å². The molecule has 27 heavy (non-hydrogen) atoms. The molecule has 0 spiro atoms. The van der Waals surface area contributed by atoms with Crippen molar-refractivity contribution in [2.45, 2.75) is 11.3 Å². The third kappa shape index (κ3) is 5.09. The number of amides is 1. The lowest BCUT2D eigenvalue weighted by Gasteiger charge is -2.11. The molecule has 2 N–H and O–H groups in total. The van der Waals surface area contributed by atoms with Crippen molar-refractivity contribution in [1.29, 1.82) is 0 Å². The van der Waals surface area contributed by atoms with Crippen LogP contribution in [0, 0.1) is 10.1 Å². The summed E-state index contributed by atoms with van der Waals surface area (Å²) in [6, 6.07) is 8.20. The summed E-state index contributed by atoms with van der Waals surface area (Å²) in [5, 5.41) is 13.1. The Morgan fingerprint density at radius 3 is 2.52 bits per heavy atom. The van der Waals surface area contributed by atoms with E-state index in [0.29, 0.717) is 0 Å². The molecule has 0 heterocycles. The first-order valence-electron chi connectivity index (χ1n) is 7.35. The number of non-ortho nitro benzene ring substituents is 1. The Hall–Kier alpha value is -3.31. The zero-order valence-corrected chi connectivity index (χ0v) is 14.7. The Bertz CT molecular complexity index is 1020. The van der Waals surface area contributed by atoms with Crippen LogP contribution in [0.15, 0.2) is 47.4 Å². The van der Waals surface area contributed by atoms with Crippen LogP contribution in [0.3, 0.4) is 0 Å². The smallest absolute Gasteiger partial charge is 0.294 e. The van der Waals surface area contributed by atoms with Gasteiger partial charge in [-0.3, -0.25) is 24.3 Å². The van der Waals surface area contributed by atoms with Crippen molar-refractivity contribution in [3.8, 4) is 5.75 Å². The maximum Gasteiger partial charge on any atom is 0.294 e. The van der Waals surface area contributed by atoms with Crippen molar-refractivity contribution in [2.75, 3.05) is 12.4 Å². The Morgan fingerprint density at radius 1 is 1.22 bits per heavy atom. The number of benzene rings is 2. The van der Waals surface area contributed by atoms with E-state index < -0.39 is 38.0 Å². The number of hydrogen-bond acceptors (Lipinski definition) is 7. The molecular formula is C16H14N2O8S. The van der Waals surface area contributed by atoms with Crippen molar-refractivity contribution in [3.05, 3.63) is 58.1 Å². The molecule has 0 aliphatic rings. The van der Waals surface area contributed by atoms with Crippen molar-refractivity contribution in [2.24, 2.45) is 0 Å². The molecule has 2 rings (SSSR count). The van der Waals surface area contributed by atoms with E-state index in [2.05, 4.69) is 5.32 Å². The predicted molar refractivity (Wildman–Crippen MR) is 93.5 cm³/mol. The van der Waals surface area contributed by atoms with E-state index in [9.17, 15) is 28.1 Å². The maximum absolute atomic E-state index is 12.2. The van der Waals surface area contributed by atoms with Gasteiger partial charge >= 0.3 is 0 Å². The largest absolute Gasteiger partial charge is 0.495 e. The number of nitro groups is 1. The zero-order valence-electron chi connectivity index (χ0n) is 13.9. The van der Waals surface area contributed by atoms with Crippen LogP contribution in [0.4, 0.5) is 11.4 Å². The third-order valence-electron chi connectivity index (χ3n) is 3.44. The van der Waals surface area contributed by atoms with E-state index in [-0.39, 0.29) is 22.7 Å². The third-order valence-corrected chi connectivity index (χ3v) is 4.29. The summed E-state index contributed by atoms with van der Waals surface area (Å²) in [6.45, 7) is 0. The molecule has 2 aromatic rings. The van der Waals surface area contributed by atoms with Crippen molar-refractivity contribution >= 4 is 33.2 Å².